The van der Waals surface area contributed by atoms with Gasteiger partial charge in [-0.2, -0.15) is 0 Å². The lowest BCUT2D eigenvalue weighted by Crippen LogP contribution is -2.32. The number of hydrogen-bond acceptors (Lipinski definition) is 2. The normalized spacial score (nSPS) is 10.6. The highest BCUT2D eigenvalue weighted by Gasteiger charge is 2.12. The van der Waals surface area contributed by atoms with Crippen LogP contribution in [0.4, 0.5) is 5.69 Å². The maximum Gasteiger partial charge on any atom is 0.238 e. The molecule has 0 spiro atoms. The van der Waals surface area contributed by atoms with Gasteiger partial charge in [0.1, 0.15) is 6.54 Å². The molecule has 0 radical (unpaired) electrons. The summed E-state index contributed by atoms with van der Waals surface area (Å²) < 4.78 is 0. The smallest absolute Gasteiger partial charge is 0.238 e. The molecule has 0 saturated heterocycles. The van der Waals surface area contributed by atoms with Crippen molar-refractivity contribution >= 4 is 11.6 Å². The first-order chi connectivity index (χ1) is 10.2. The molecule has 108 valence electrons. The molecule has 0 aliphatic heterocycles. The molecule has 1 N–H and O–H groups in total. The summed E-state index contributed by atoms with van der Waals surface area (Å²) in [6, 6.07) is 17.9. The molecule has 3 nitrogen and oxygen atoms in total. The van der Waals surface area contributed by atoms with Crippen molar-refractivity contribution in [2.24, 2.45) is 0 Å². The number of benzene rings is 2. The molecule has 0 saturated carbocycles. The fourth-order valence-corrected chi connectivity index (χ4v) is 2.10. The Bertz CT molecular complexity index is 564. The predicted octanol–water partition coefficient (Wildman–Crippen LogP) is 3.27. The lowest BCUT2D eigenvalue weighted by atomic mass is 10.2. The molecule has 0 atom stereocenters. The summed E-state index contributed by atoms with van der Waals surface area (Å²) >= 11 is 0. The molecule has 0 aromatic heterocycles. The van der Waals surface area contributed by atoms with Crippen LogP contribution in [0.25, 0.3) is 0 Å². The Morgan fingerprint density at radius 2 is 1.76 bits per heavy atom. The average molecular weight is 281 g/mol. The van der Waals surface area contributed by atoms with E-state index in [1.54, 1.807) is 0 Å². The van der Waals surface area contributed by atoms with Gasteiger partial charge in [-0.25, -0.2) is 0 Å². The van der Waals surface area contributed by atoms with Gasteiger partial charge in [-0.15, -0.1) is 0 Å². The first kappa shape index (κ1) is 15.1. The number of amides is 1. The number of aryl methyl sites for hydroxylation is 1. The Balaban J connectivity index is 1.89. The van der Waals surface area contributed by atoms with Gasteiger partial charge in [-0.1, -0.05) is 48.0 Å². The van der Waals surface area contributed by atoms with Crippen LogP contribution in [0.3, 0.4) is 0 Å². The monoisotopic (exact) mass is 281 g/mol. The zero-order chi connectivity index (χ0) is 15.1. The summed E-state index contributed by atoms with van der Waals surface area (Å²) in [5, 5.41) is 2.91. The second-order valence-corrected chi connectivity index (χ2v) is 5.11. The molecule has 21 heavy (non-hydrogen) atoms. The zero-order valence-electron chi connectivity index (χ0n) is 12.4. The van der Waals surface area contributed by atoms with Crippen molar-refractivity contribution in [1.29, 1.82) is 0 Å². The minimum atomic E-state index is -0.0153. The number of nitrogens with one attached hydrogen (secondary N) is 1. The van der Waals surface area contributed by atoms with Crippen LogP contribution in [0, 0.1) is 13.8 Å². The number of carbonyl (C=O) groups excluding carboxylic acids is 1. The molecular weight excluding hydrogens is 260 g/mol. The van der Waals surface area contributed by atoms with Crippen LogP contribution in [0.5, 0.6) is 0 Å². The van der Waals surface area contributed by atoms with Crippen molar-refractivity contribution in [3.05, 3.63) is 72.6 Å². The van der Waals surface area contributed by atoms with Gasteiger partial charge < -0.3 is 5.32 Å². The number of rotatable bonds is 6. The second kappa shape index (κ2) is 7.50. The summed E-state index contributed by atoms with van der Waals surface area (Å²) in [5.41, 5.74) is 3.19. The first-order valence-corrected chi connectivity index (χ1v) is 7.09. The fourth-order valence-electron chi connectivity index (χ4n) is 2.10. The highest BCUT2D eigenvalue weighted by molar-refractivity contribution is 5.92. The molecule has 0 unspecified atom stereocenters. The molecule has 2 aromatic carbocycles. The molecule has 2 rings (SSSR count). The van der Waals surface area contributed by atoms with Crippen molar-refractivity contribution < 1.29 is 4.79 Å². The summed E-state index contributed by atoms with van der Waals surface area (Å²) in [4.78, 5) is 14.1. The Morgan fingerprint density at radius 3 is 2.38 bits per heavy atom. The van der Waals surface area contributed by atoms with Crippen LogP contribution in [0.1, 0.15) is 11.1 Å². The van der Waals surface area contributed by atoms with E-state index in [0.29, 0.717) is 13.1 Å². The summed E-state index contributed by atoms with van der Waals surface area (Å²) in [6.45, 7) is 7.58. The molecule has 0 fully saturated rings. The van der Waals surface area contributed by atoms with Gasteiger partial charge >= 0.3 is 0 Å². The van der Waals surface area contributed by atoms with Crippen LogP contribution in [0.2, 0.25) is 0 Å². The number of hydrogen-bond donors (Lipinski definition) is 1. The highest BCUT2D eigenvalue weighted by Crippen LogP contribution is 2.09. The summed E-state index contributed by atoms with van der Waals surface area (Å²) in [7, 11) is 0. The minimum Gasteiger partial charge on any atom is -0.325 e. The van der Waals surface area contributed by atoms with E-state index in [0.717, 1.165) is 12.2 Å². The lowest BCUT2D eigenvalue weighted by molar-refractivity contribution is -0.117. The van der Waals surface area contributed by atoms with Crippen LogP contribution in [-0.2, 0) is 11.3 Å². The Morgan fingerprint density at radius 1 is 1.10 bits per heavy atom. The van der Waals surface area contributed by atoms with E-state index >= 15 is 0 Å². The van der Waals surface area contributed by atoms with Gasteiger partial charge in [-0.3, -0.25) is 9.69 Å². The SMILES string of the molecule is [CH2+]CN(CC(=O)Nc1ccc(C)cc1)Cc1ccccc1. The highest BCUT2D eigenvalue weighted by atomic mass is 16.2. The third-order valence-electron chi connectivity index (χ3n) is 3.27. The molecule has 0 bridgehead atoms. The van der Waals surface area contributed by atoms with Gasteiger partial charge in [0.05, 0.1) is 13.5 Å². The molecule has 0 aliphatic rings. The van der Waals surface area contributed by atoms with Gasteiger partial charge in [0.15, 0.2) is 0 Å². The summed E-state index contributed by atoms with van der Waals surface area (Å²) in [5.74, 6) is -0.0153. The number of carbonyl (C=O) groups is 1. The first-order valence-electron chi connectivity index (χ1n) is 7.09. The van der Waals surface area contributed by atoms with E-state index in [4.69, 9.17) is 0 Å². The molecule has 0 aliphatic carbocycles. The van der Waals surface area contributed by atoms with Gasteiger partial charge in [0, 0.05) is 12.2 Å². The minimum absolute atomic E-state index is 0.0153. The van der Waals surface area contributed by atoms with Crippen molar-refractivity contribution in [3.63, 3.8) is 0 Å². The van der Waals surface area contributed by atoms with Crippen LogP contribution >= 0.6 is 0 Å². The second-order valence-electron chi connectivity index (χ2n) is 5.11. The average Bonchev–Trinajstić information content (AvgIpc) is 2.50. The third-order valence-corrected chi connectivity index (χ3v) is 3.27. The largest absolute Gasteiger partial charge is 0.325 e. The van der Waals surface area contributed by atoms with E-state index in [-0.39, 0.29) is 5.91 Å². The molecule has 3 heteroatoms. The predicted molar refractivity (Wildman–Crippen MR) is 86.9 cm³/mol. The zero-order valence-corrected chi connectivity index (χ0v) is 12.4. The topological polar surface area (TPSA) is 32.3 Å². The molecule has 2 aromatic rings. The van der Waals surface area contributed by atoms with E-state index < -0.39 is 0 Å². The van der Waals surface area contributed by atoms with E-state index in [1.807, 2.05) is 54.3 Å². The van der Waals surface area contributed by atoms with E-state index in [9.17, 15) is 4.79 Å². The van der Waals surface area contributed by atoms with Crippen molar-refractivity contribution in [2.75, 3.05) is 18.4 Å². The Hall–Kier alpha value is -2.26. The van der Waals surface area contributed by atoms with Crippen LogP contribution < -0.4 is 5.32 Å². The standard InChI is InChI=1S/C18H20N2O/c1-3-20(13-16-7-5-4-6-8-16)14-18(21)19-17-11-9-15(2)10-12-17/h4-12H,1,3,13-14H2,2H3/p+1. The van der Waals surface area contributed by atoms with Crippen molar-refractivity contribution in [3.8, 4) is 0 Å². The maximum atomic E-state index is 12.1. The van der Waals surface area contributed by atoms with Crippen molar-refractivity contribution in [2.45, 2.75) is 13.5 Å². The van der Waals surface area contributed by atoms with Gasteiger partial charge in [0.25, 0.3) is 0 Å². The van der Waals surface area contributed by atoms with E-state index in [2.05, 4.69) is 24.4 Å². The maximum absolute atomic E-state index is 12.1. The third kappa shape index (κ3) is 4.97. The lowest BCUT2D eigenvalue weighted by Gasteiger charge is -2.17. The van der Waals surface area contributed by atoms with Crippen LogP contribution in [-0.4, -0.2) is 23.9 Å². The van der Waals surface area contributed by atoms with E-state index in [1.165, 1.54) is 11.1 Å². The fraction of sp³-hybridized carbons (Fsp3) is 0.222. The Kier molecular flexibility index (Phi) is 5.41. The van der Waals surface area contributed by atoms with Gasteiger partial charge in [0.2, 0.25) is 5.91 Å². The molecular formula is C18H21N2O+. The number of anilines is 1. The summed E-state index contributed by atoms with van der Waals surface area (Å²) in [6.07, 6.45) is 0. The molecule has 1 amide bonds. The Labute approximate surface area is 126 Å². The molecule has 0 heterocycles. The van der Waals surface area contributed by atoms with Gasteiger partial charge in [-0.05, 0) is 24.6 Å². The quantitative estimate of drug-likeness (QED) is 0.824. The van der Waals surface area contributed by atoms with Crippen LogP contribution in [0.15, 0.2) is 54.6 Å². The van der Waals surface area contributed by atoms with Crippen molar-refractivity contribution in [1.82, 2.24) is 4.90 Å². The number of nitrogens with zero attached hydrogens (tertiary/aromatic N) is 1.